The molecule has 13 heteroatoms. The number of benzene rings is 1. The average molecular weight is 437 g/mol. The van der Waals surface area contributed by atoms with Crippen LogP contribution in [0.3, 0.4) is 0 Å². The van der Waals surface area contributed by atoms with Crippen molar-refractivity contribution in [2.24, 2.45) is 0 Å². The van der Waals surface area contributed by atoms with Crippen molar-refractivity contribution in [1.29, 1.82) is 5.26 Å². The number of rotatable bonds is 7. The van der Waals surface area contributed by atoms with Crippen LogP contribution in [0.4, 0.5) is 28.9 Å². The number of carbonyl (C=O) groups is 1. The van der Waals surface area contributed by atoms with Crippen molar-refractivity contribution in [3.05, 3.63) is 75.0 Å². The normalized spacial score (nSPS) is 11.0. The van der Waals surface area contributed by atoms with Crippen molar-refractivity contribution in [3.63, 3.8) is 0 Å². The summed E-state index contributed by atoms with van der Waals surface area (Å²) in [4.78, 5) is 22.4. The highest BCUT2D eigenvalue weighted by Crippen LogP contribution is 2.26. The van der Waals surface area contributed by atoms with Crippen molar-refractivity contribution < 1.29 is 31.7 Å². The van der Waals surface area contributed by atoms with Gasteiger partial charge in [-0.15, -0.1) is 0 Å². The Bertz CT molecular complexity index is 1180. The number of amides is 1. The molecule has 0 unspecified atom stereocenters. The molecule has 0 spiro atoms. The van der Waals surface area contributed by atoms with Crippen LogP contribution in [-0.4, -0.2) is 20.6 Å². The van der Waals surface area contributed by atoms with Crippen molar-refractivity contribution >= 4 is 17.3 Å². The lowest BCUT2D eigenvalue weighted by Gasteiger charge is -2.06. The molecular weight excluding hydrogens is 426 g/mol. The van der Waals surface area contributed by atoms with Gasteiger partial charge in [-0.2, -0.15) is 10.4 Å². The van der Waals surface area contributed by atoms with Gasteiger partial charge in [-0.05, 0) is 24.3 Å². The second kappa shape index (κ2) is 8.66. The van der Waals surface area contributed by atoms with Crippen LogP contribution >= 0.6 is 0 Å². The Morgan fingerprint density at radius 3 is 2.58 bits per heavy atom. The maximum absolute atomic E-state index is 13.1. The lowest BCUT2D eigenvalue weighted by atomic mass is 10.1. The van der Waals surface area contributed by atoms with Gasteiger partial charge in [0.05, 0.1) is 22.7 Å². The number of aromatic nitrogens is 2. The molecule has 0 aliphatic heterocycles. The Morgan fingerprint density at radius 2 is 1.97 bits per heavy atom. The molecule has 9 nitrogen and oxygen atoms in total. The van der Waals surface area contributed by atoms with E-state index in [9.17, 15) is 32.5 Å². The van der Waals surface area contributed by atoms with E-state index >= 15 is 0 Å². The van der Waals surface area contributed by atoms with Crippen molar-refractivity contribution in [3.8, 4) is 6.07 Å². The van der Waals surface area contributed by atoms with Gasteiger partial charge in [0.15, 0.2) is 5.76 Å². The molecule has 0 bridgehead atoms. The third-order valence-corrected chi connectivity index (χ3v) is 4.05. The number of anilines is 1. The van der Waals surface area contributed by atoms with Crippen LogP contribution in [-0.2, 0) is 6.54 Å². The Labute approximate surface area is 170 Å². The summed E-state index contributed by atoms with van der Waals surface area (Å²) in [6.07, 6.45) is -6.09. The first kappa shape index (κ1) is 21.5. The van der Waals surface area contributed by atoms with Gasteiger partial charge in [-0.25, -0.2) is 17.6 Å². The quantitative estimate of drug-likeness (QED) is 0.331. The highest BCUT2D eigenvalue weighted by Gasteiger charge is 2.22. The molecule has 31 heavy (non-hydrogen) atoms. The van der Waals surface area contributed by atoms with Crippen molar-refractivity contribution in [2.75, 3.05) is 5.32 Å². The number of nitro benzene ring substituents is 1. The van der Waals surface area contributed by atoms with E-state index in [2.05, 4.69) is 10.4 Å². The van der Waals surface area contributed by atoms with E-state index < -0.39 is 41.6 Å². The molecule has 2 heterocycles. The molecule has 1 amide bonds. The third kappa shape index (κ3) is 4.69. The minimum Gasteiger partial charge on any atom is -0.454 e. The van der Waals surface area contributed by atoms with Gasteiger partial charge in [0, 0.05) is 12.1 Å². The average Bonchev–Trinajstić information content (AvgIpc) is 3.36. The van der Waals surface area contributed by atoms with Crippen LogP contribution < -0.4 is 5.32 Å². The lowest BCUT2D eigenvalue weighted by molar-refractivity contribution is -0.384. The van der Waals surface area contributed by atoms with Crippen LogP contribution in [0.5, 0.6) is 0 Å². The number of non-ortho nitro benzene ring substituents is 1. The fourth-order valence-electron chi connectivity index (χ4n) is 2.62. The molecule has 0 saturated carbocycles. The summed E-state index contributed by atoms with van der Waals surface area (Å²) in [6.45, 7) is -0.430. The number of furan rings is 1. The molecule has 3 aromatic rings. The first-order valence-electron chi connectivity index (χ1n) is 8.42. The Kier molecular flexibility index (Phi) is 6.00. The van der Waals surface area contributed by atoms with E-state index in [1.165, 1.54) is 18.2 Å². The van der Waals surface area contributed by atoms with Crippen LogP contribution in [0.15, 0.2) is 40.8 Å². The van der Waals surface area contributed by atoms with Gasteiger partial charge >= 0.3 is 0 Å². The minimum atomic E-state index is -3.05. The summed E-state index contributed by atoms with van der Waals surface area (Å²) >= 11 is 0. The van der Waals surface area contributed by atoms with E-state index in [1.54, 1.807) is 6.07 Å². The number of hydrogen-bond acceptors (Lipinski definition) is 6. The molecule has 0 fully saturated rings. The number of alkyl halides is 4. The minimum absolute atomic E-state index is 0.00955. The molecular formula is C18H11F4N5O4. The number of nitrogens with one attached hydrogen (secondary N) is 1. The molecule has 1 aromatic carbocycles. The van der Waals surface area contributed by atoms with E-state index in [0.717, 1.165) is 12.1 Å². The van der Waals surface area contributed by atoms with E-state index in [-0.39, 0.29) is 28.5 Å². The molecule has 0 aliphatic carbocycles. The van der Waals surface area contributed by atoms with Gasteiger partial charge in [0.25, 0.3) is 24.4 Å². The molecule has 0 aliphatic rings. The summed E-state index contributed by atoms with van der Waals surface area (Å²) in [5.74, 6) is -1.10. The summed E-state index contributed by atoms with van der Waals surface area (Å²) in [5.41, 5.74) is -2.06. The SMILES string of the molecule is N#Cc1cc([N+](=O)[O-])ccc1NC(=O)c1ccc(Cn2nc(C(F)F)cc2C(F)F)o1. The predicted molar refractivity (Wildman–Crippen MR) is 95.7 cm³/mol. The van der Waals surface area contributed by atoms with E-state index in [4.69, 9.17) is 9.68 Å². The third-order valence-electron chi connectivity index (χ3n) is 4.05. The number of hydrogen-bond donors (Lipinski definition) is 1. The van der Waals surface area contributed by atoms with Crippen LogP contribution in [0.25, 0.3) is 0 Å². The number of nitro groups is 1. The molecule has 0 atom stereocenters. The van der Waals surface area contributed by atoms with E-state index in [1.807, 2.05) is 0 Å². The summed E-state index contributed by atoms with van der Waals surface area (Å²) < 4.78 is 57.5. The van der Waals surface area contributed by atoms with Gasteiger partial charge in [0.2, 0.25) is 0 Å². The molecule has 0 radical (unpaired) electrons. The number of nitrogens with zero attached hydrogens (tertiary/aromatic N) is 4. The van der Waals surface area contributed by atoms with Gasteiger partial charge in [-0.3, -0.25) is 19.6 Å². The first-order valence-corrected chi connectivity index (χ1v) is 8.42. The molecule has 2 aromatic heterocycles. The highest BCUT2D eigenvalue weighted by molar-refractivity contribution is 6.03. The predicted octanol–water partition coefficient (Wildman–Crippen LogP) is 4.43. The number of nitriles is 1. The lowest BCUT2D eigenvalue weighted by Crippen LogP contribution is -2.12. The molecule has 160 valence electrons. The van der Waals surface area contributed by atoms with Gasteiger partial charge in [0.1, 0.15) is 23.2 Å². The van der Waals surface area contributed by atoms with Crippen molar-refractivity contribution in [2.45, 2.75) is 19.4 Å². The topological polar surface area (TPSA) is 127 Å². The molecule has 1 N–H and O–H groups in total. The zero-order valence-electron chi connectivity index (χ0n) is 15.3. The zero-order valence-corrected chi connectivity index (χ0v) is 15.3. The van der Waals surface area contributed by atoms with Crippen LogP contribution in [0.1, 0.15) is 46.1 Å². The Hall–Kier alpha value is -4.21. The monoisotopic (exact) mass is 437 g/mol. The van der Waals surface area contributed by atoms with Gasteiger partial charge < -0.3 is 9.73 Å². The largest absolute Gasteiger partial charge is 0.454 e. The second-order valence-corrected chi connectivity index (χ2v) is 6.07. The highest BCUT2D eigenvalue weighted by atomic mass is 19.3. The molecule has 0 saturated heterocycles. The summed E-state index contributed by atoms with van der Waals surface area (Å²) in [6, 6.07) is 8.03. The fraction of sp³-hybridized carbons (Fsp3) is 0.167. The smallest absolute Gasteiger partial charge is 0.291 e. The Balaban J connectivity index is 1.78. The van der Waals surface area contributed by atoms with E-state index in [0.29, 0.717) is 10.7 Å². The van der Waals surface area contributed by atoms with Crippen LogP contribution in [0.2, 0.25) is 0 Å². The van der Waals surface area contributed by atoms with Crippen molar-refractivity contribution in [1.82, 2.24) is 9.78 Å². The van der Waals surface area contributed by atoms with Gasteiger partial charge in [-0.1, -0.05) is 0 Å². The summed E-state index contributed by atoms with van der Waals surface area (Å²) in [7, 11) is 0. The Morgan fingerprint density at radius 1 is 1.23 bits per heavy atom. The molecule has 3 rings (SSSR count). The number of carbonyl (C=O) groups excluding carboxylic acids is 1. The number of halogens is 4. The maximum Gasteiger partial charge on any atom is 0.291 e. The summed E-state index contributed by atoms with van der Waals surface area (Å²) in [5, 5.41) is 25.7. The standard InChI is InChI=1S/C18H11F4N5O4/c19-16(20)13-6-14(17(21)22)26(25-13)8-11-2-4-15(31-11)18(28)24-12-3-1-10(27(29)30)5-9(12)7-23/h1-6,16-17H,8H2,(H,24,28). The first-order chi connectivity index (χ1) is 14.7. The second-order valence-electron chi connectivity index (χ2n) is 6.07. The fourth-order valence-corrected chi connectivity index (χ4v) is 2.62. The zero-order chi connectivity index (χ0) is 22.7. The maximum atomic E-state index is 13.1. The van der Waals surface area contributed by atoms with Crippen LogP contribution in [0, 0.1) is 21.4 Å².